The van der Waals surface area contributed by atoms with E-state index in [2.05, 4.69) is 9.97 Å². The van der Waals surface area contributed by atoms with Crippen LogP contribution in [0.5, 0.6) is 0 Å². The molecule has 1 saturated heterocycles. The average molecular weight is 449 g/mol. The van der Waals surface area contributed by atoms with E-state index < -0.39 is 48.6 Å². The van der Waals surface area contributed by atoms with Gasteiger partial charge in [-0.2, -0.15) is 13.2 Å². The quantitative estimate of drug-likeness (QED) is 0.694. The summed E-state index contributed by atoms with van der Waals surface area (Å²) in [5.41, 5.74) is 5.09. The fourth-order valence-electron chi connectivity index (χ4n) is 3.85. The first-order chi connectivity index (χ1) is 14.4. The first kappa shape index (κ1) is 23.3. The molecule has 7 nitrogen and oxygen atoms in total. The number of carbonyl (C=O) groups is 2. The summed E-state index contributed by atoms with van der Waals surface area (Å²) < 4.78 is 67.2. The van der Waals surface area contributed by atoms with Gasteiger partial charge in [-0.3, -0.25) is 9.59 Å². The zero-order valence-corrected chi connectivity index (χ0v) is 17.0. The Bertz CT molecular complexity index is 861. The molecule has 1 unspecified atom stereocenters. The molecule has 2 aliphatic heterocycles. The van der Waals surface area contributed by atoms with Crippen LogP contribution in [0.1, 0.15) is 49.0 Å². The molecule has 0 saturated carbocycles. The second-order valence-corrected chi connectivity index (χ2v) is 7.92. The van der Waals surface area contributed by atoms with E-state index in [-0.39, 0.29) is 62.4 Å². The summed E-state index contributed by atoms with van der Waals surface area (Å²) in [5.74, 6) is -3.81. The summed E-state index contributed by atoms with van der Waals surface area (Å²) in [4.78, 5) is 34.6. The van der Waals surface area contributed by atoms with Crippen molar-refractivity contribution in [3.8, 4) is 0 Å². The lowest BCUT2D eigenvalue weighted by molar-refractivity contribution is -0.148. The van der Waals surface area contributed by atoms with Gasteiger partial charge >= 0.3 is 6.18 Å². The van der Waals surface area contributed by atoms with Crippen LogP contribution in [0.15, 0.2) is 0 Å². The highest BCUT2D eigenvalue weighted by molar-refractivity contribution is 5.78. The molecule has 2 amide bonds. The van der Waals surface area contributed by atoms with Crippen molar-refractivity contribution in [2.24, 2.45) is 5.73 Å². The maximum atomic E-state index is 13.5. The third-order valence-corrected chi connectivity index (χ3v) is 5.42. The Morgan fingerprint density at radius 1 is 1.26 bits per heavy atom. The van der Waals surface area contributed by atoms with Crippen LogP contribution in [0.4, 0.5) is 22.0 Å². The number of likely N-dealkylation sites (tertiary alicyclic amines) is 1. The van der Waals surface area contributed by atoms with Gasteiger partial charge in [0.25, 0.3) is 5.92 Å². The minimum Gasteiger partial charge on any atom is -0.336 e. The van der Waals surface area contributed by atoms with Crippen molar-refractivity contribution in [2.75, 3.05) is 19.6 Å². The van der Waals surface area contributed by atoms with Crippen molar-refractivity contribution >= 4 is 11.8 Å². The standard InChI is InChI=1S/C19H24F5N5O2/c1-2-14-26-13-9-28(6-4-12(13)17(27-14)19(22,23)24)16(31)7-11(25)8-29-10-18(20,21)5-3-15(29)30/h11H,2-10,25H2,1H3. The lowest BCUT2D eigenvalue weighted by atomic mass is 10.0. The number of halogens is 5. The normalized spacial score (nSPS) is 19.9. The van der Waals surface area contributed by atoms with Crippen LogP contribution in [0, 0.1) is 0 Å². The Morgan fingerprint density at radius 3 is 2.61 bits per heavy atom. The van der Waals surface area contributed by atoms with E-state index in [0.717, 1.165) is 4.90 Å². The molecule has 3 rings (SSSR count). The maximum absolute atomic E-state index is 13.5. The number of aryl methyl sites for hydroxylation is 1. The van der Waals surface area contributed by atoms with Gasteiger partial charge in [0.15, 0.2) is 5.69 Å². The number of hydrogen-bond donors (Lipinski definition) is 1. The maximum Gasteiger partial charge on any atom is 0.433 e. The van der Waals surface area contributed by atoms with Crippen molar-refractivity contribution < 1.29 is 31.5 Å². The van der Waals surface area contributed by atoms with E-state index in [0.29, 0.717) is 0 Å². The van der Waals surface area contributed by atoms with Crippen LogP contribution in [0.3, 0.4) is 0 Å². The van der Waals surface area contributed by atoms with Crippen LogP contribution in [0.2, 0.25) is 0 Å². The minimum absolute atomic E-state index is 0.0146. The molecule has 12 heteroatoms. The Morgan fingerprint density at radius 2 is 1.97 bits per heavy atom. The number of rotatable bonds is 5. The lowest BCUT2D eigenvalue weighted by Gasteiger charge is -2.34. The van der Waals surface area contributed by atoms with Crippen molar-refractivity contribution in [3.05, 3.63) is 22.8 Å². The molecule has 2 aliphatic rings. The van der Waals surface area contributed by atoms with E-state index in [1.54, 1.807) is 6.92 Å². The predicted octanol–water partition coefficient (Wildman–Crippen LogP) is 1.92. The molecule has 0 bridgehead atoms. The molecule has 1 aromatic heterocycles. The van der Waals surface area contributed by atoms with Crippen molar-refractivity contribution in [1.82, 2.24) is 19.8 Å². The zero-order valence-electron chi connectivity index (χ0n) is 17.0. The number of carbonyl (C=O) groups excluding carboxylic acids is 2. The van der Waals surface area contributed by atoms with E-state index in [4.69, 9.17) is 5.73 Å². The fourth-order valence-corrected chi connectivity index (χ4v) is 3.85. The van der Waals surface area contributed by atoms with Gasteiger partial charge < -0.3 is 15.5 Å². The van der Waals surface area contributed by atoms with Gasteiger partial charge in [0.1, 0.15) is 5.82 Å². The summed E-state index contributed by atoms with van der Waals surface area (Å²) >= 11 is 0. The van der Waals surface area contributed by atoms with E-state index in [9.17, 15) is 31.5 Å². The molecular weight excluding hydrogens is 425 g/mol. The Labute approximate surface area is 175 Å². The van der Waals surface area contributed by atoms with Crippen LogP contribution in [-0.4, -0.2) is 63.2 Å². The molecular formula is C19H24F5N5O2. The molecule has 1 fully saturated rings. The van der Waals surface area contributed by atoms with Gasteiger partial charge in [-0.1, -0.05) is 6.92 Å². The lowest BCUT2D eigenvalue weighted by Crippen LogP contribution is -2.51. The first-order valence-corrected chi connectivity index (χ1v) is 10.0. The molecule has 1 atom stereocenters. The topological polar surface area (TPSA) is 92.4 Å². The van der Waals surface area contributed by atoms with Crippen molar-refractivity contribution in [2.45, 2.75) is 63.7 Å². The van der Waals surface area contributed by atoms with Crippen LogP contribution in [0.25, 0.3) is 0 Å². The van der Waals surface area contributed by atoms with E-state index >= 15 is 0 Å². The van der Waals surface area contributed by atoms with Gasteiger partial charge in [0.2, 0.25) is 11.8 Å². The van der Waals surface area contributed by atoms with E-state index in [1.165, 1.54) is 4.90 Å². The number of amides is 2. The third kappa shape index (κ3) is 5.46. The van der Waals surface area contributed by atoms with Gasteiger partial charge in [-0.05, 0) is 6.42 Å². The first-order valence-electron chi connectivity index (χ1n) is 10.0. The summed E-state index contributed by atoms with van der Waals surface area (Å²) in [6.45, 7) is 0.641. The van der Waals surface area contributed by atoms with Gasteiger partial charge in [-0.25, -0.2) is 18.7 Å². The molecule has 0 aliphatic carbocycles. The van der Waals surface area contributed by atoms with Crippen molar-refractivity contribution in [3.63, 3.8) is 0 Å². The highest BCUT2D eigenvalue weighted by Crippen LogP contribution is 2.34. The summed E-state index contributed by atoms with van der Waals surface area (Å²) in [5, 5.41) is 0. The Hall–Kier alpha value is -2.37. The highest BCUT2D eigenvalue weighted by Gasteiger charge is 2.40. The smallest absolute Gasteiger partial charge is 0.336 e. The van der Waals surface area contributed by atoms with Gasteiger partial charge in [0.05, 0.1) is 18.8 Å². The number of alkyl halides is 5. The zero-order chi connectivity index (χ0) is 23.0. The van der Waals surface area contributed by atoms with Crippen LogP contribution < -0.4 is 5.73 Å². The summed E-state index contributed by atoms with van der Waals surface area (Å²) in [6, 6.07) is -0.867. The molecule has 0 radical (unpaired) electrons. The Kier molecular flexibility index (Phi) is 6.49. The number of fused-ring (bicyclic) bond motifs is 1. The molecule has 172 valence electrons. The number of nitrogens with zero attached hydrogens (tertiary/aromatic N) is 4. The molecule has 0 aromatic carbocycles. The molecule has 1 aromatic rings. The monoisotopic (exact) mass is 449 g/mol. The predicted molar refractivity (Wildman–Crippen MR) is 98.9 cm³/mol. The SMILES string of the molecule is CCc1nc2c(c(C(F)(F)F)n1)CCN(C(=O)CC(N)CN1CC(F)(F)CCC1=O)C2. The number of aromatic nitrogens is 2. The second-order valence-electron chi connectivity index (χ2n) is 7.92. The van der Waals surface area contributed by atoms with Gasteiger partial charge in [-0.15, -0.1) is 0 Å². The van der Waals surface area contributed by atoms with Crippen LogP contribution in [-0.2, 0) is 35.2 Å². The minimum atomic E-state index is -4.62. The average Bonchev–Trinajstić information content (AvgIpc) is 2.68. The second kappa shape index (κ2) is 8.64. The summed E-state index contributed by atoms with van der Waals surface area (Å²) in [6.07, 6.45) is -5.46. The molecule has 31 heavy (non-hydrogen) atoms. The third-order valence-electron chi connectivity index (χ3n) is 5.42. The molecule has 0 spiro atoms. The van der Waals surface area contributed by atoms with E-state index in [1.807, 2.05) is 0 Å². The number of nitrogens with two attached hydrogens (primary N) is 1. The Balaban J connectivity index is 1.66. The van der Waals surface area contributed by atoms with Gasteiger partial charge in [0, 0.05) is 50.4 Å². The van der Waals surface area contributed by atoms with Crippen molar-refractivity contribution in [1.29, 1.82) is 0 Å². The van der Waals surface area contributed by atoms with Crippen LogP contribution >= 0.6 is 0 Å². The number of hydrogen-bond acceptors (Lipinski definition) is 5. The summed E-state index contributed by atoms with van der Waals surface area (Å²) in [7, 11) is 0. The highest BCUT2D eigenvalue weighted by atomic mass is 19.4. The fraction of sp³-hybridized carbons (Fsp3) is 0.684. The number of piperidine rings is 1. The molecule has 2 N–H and O–H groups in total. The largest absolute Gasteiger partial charge is 0.433 e. The molecule has 3 heterocycles.